The average molecular weight is 206 g/mol. The minimum absolute atomic E-state index is 0. The Balaban J connectivity index is 0.00000144. The maximum absolute atomic E-state index is 12.4. The molecular formula is C9H13ClFNO. The predicted molar refractivity (Wildman–Crippen MR) is 52.3 cm³/mol. The van der Waals surface area contributed by atoms with E-state index in [1.165, 1.54) is 12.1 Å². The SMILES string of the molecule is CC(O)C(N)c1ccc(F)cc1.Cl. The van der Waals surface area contributed by atoms with Gasteiger partial charge in [0.1, 0.15) is 5.82 Å². The molecule has 2 unspecified atom stereocenters. The summed E-state index contributed by atoms with van der Waals surface area (Å²) in [5.74, 6) is -0.295. The standard InChI is InChI=1S/C9H12FNO.ClH/c1-6(12)9(11)7-2-4-8(10)5-3-7;/h2-6,9,12H,11H2,1H3;1H. The number of benzene rings is 1. The van der Waals surface area contributed by atoms with Crippen LogP contribution in [-0.4, -0.2) is 11.2 Å². The average Bonchev–Trinajstić information content (AvgIpc) is 2.04. The van der Waals surface area contributed by atoms with Gasteiger partial charge in [-0.15, -0.1) is 12.4 Å². The molecule has 0 amide bonds. The molecule has 0 saturated heterocycles. The van der Waals surface area contributed by atoms with E-state index in [2.05, 4.69) is 0 Å². The highest BCUT2D eigenvalue weighted by atomic mass is 35.5. The Labute approximate surface area is 83.0 Å². The summed E-state index contributed by atoms with van der Waals surface area (Å²) in [5, 5.41) is 9.12. The topological polar surface area (TPSA) is 46.2 Å². The van der Waals surface area contributed by atoms with Crippen LogP contribution < -0.4 is 5.73 Å². The summed E-state index contributed by atoms with van der Waals surface area (Å²) in [6.45, 7) is 1.61. The van der Waals surface area contributed by atoms with Gasteiger partial charge in [0.2, 0.25) is 0 Å². The third-order valence-corrected chi connectivity index (χ3v) is 1.77. The van der Waals surface area contributed by atoms with E-state index >= 15 is 0 Å². The van der Waals surface area contributed by atoms with Crippen molar-refractivity contribution < 1.29 is 9.50 Å². The maximum Gasteiger partial charge on any atom is 0.123 e. The van der Waals surface area contributed by atoms with Gasteiger partial charge in [-0.3, -0.25) is 0 Å². The van der Waals surface area contributed by atoms with Crippen LogP contribution >= 0.6 is 12.4 Å². The maximum atomic E-state index is 12.4. The summed E-state index contributed by atoms with van der Waals surface area (Å²) in [6.07, 6.45) is -0.615. The van der Waals surface area contributed by atoms with E-state index < -0.39 is 12.1 Å². The molecule has 0 aliphatic rings. The molecule has 2 atom stereocenters. The molecule has 3 N–H and O–H groups in total. The first-order valence-electron chi connectivity index (χ1n) is 3.80. The lowest BCUT2D eigenvalue weighted by Gasteiger charge is -2.14. The molecule has 13 heavy (non-hydrogen) atoms. The van der Waals surface area contributed by atoms with E-state index in [4.69, 9.17) is 10.8 Å². The Bertz CT molecular complexity index is 250. The van der Waals surface area contributed by atoms with Crippen LogP contribution in [0, 0.1) is 5.82 Å². The summed E-state index contributed by atoms with van der Waals surface area (Å²) in [7, 11) is 0. The molecule has 74 valence electrons. The van der Waals surface area contributed by atoms with Gasteiger partial charge < -0.3 is 10.8 Å². The van der Waals surface area contributed by atoms with Crippen LogP contribution in [0.5, 0.6) is 0 Å². The summed E-state index contributed by atoms with van der Waals surface area (Å²) in [6, 6.07) is 5.37. The van der Waals surface area contributed by atoms with Crippen molar-refractivity contribution in [1.82, 2.24) is 0 Å². The molecule has 4 heteroatoms. The molecule has 1 aromatic carbocycles. The van der Waals surface area contributed by atoms with Crippen LogP contribution in [0.4, 0.5) is 4.39 Å². The Morgan fingerprint density at radius 1 is 1.31 bits per heavy atom. The van der Waals surface area contributed by atoms with Crippen molar-refractivity contribution >= 4 is 12.4 Å². The van der Waals surface area contributed by atoms with Crippen molar-refractivity contribution in [3.63, 3.8) is 0 Å². The number of hydrogen-bond donors (Lipinski definition) is 2. The zero-order chi connectivity index (χ0) is 9.14. The number of aliphatic hydroxyl groups is 1. The van der Waals surface area contributed by atoms with E-state index in [1.807, 2.05) is 0 Å². The molecule has 1 aromatic rings. The van der Waals surface area contributed by atoms with Crippen molar-refractivity contribution in [3.8, 4) is 0 Å². The Morgan fingerprint density at radius 2 is 1.77 bits per heavy atom. The molecule has 0 heterocycles. The molecule has 0 bridgehead atoms. The van der Waals surface area contributed by atoms with Crippen molar-refractivity contribution in [3.05, 3.63) is 35.6 Å². The first-order valence-corrected chi connectivity index (χ1v) is 3.80. The minimum Gasteiger partial charge on any atom is -0.391 e. The van der Waals surface area contributed by atoms with Gasteiger partial charge in [-0.1, -0.05) is 12.1 Å². The van der Waals surface area contributed by atoms with E-state index in [9.17, 15) is 4.39 Å². The van der Waals surface area contributed by atoms with Gasteiger partial charge in [-0.25, -0.2) is 4.39 Å². The molecule has 1 rings (SSSR count). The molecule has 2 nitrogen and oxygen atoms in total. The Morgan fingerprint density at radius 3 is 2.15 bits per heavy atom. The Hall–Kier alpha value is -0.640. The molecule has 0 aliphatic heterocycles. The zero-order valence-electron chi connectivity index (χ0n) is 7.27. The van der Waals surface area contributed by atoms with Gasteiger partial charge in [0, 0.05) is 0 Å². The predicted octanol–water partition coefficient (Wildman–Crippen LogP) is 1.63. The number of halogens is 2. The molecule has 0 radical (unpaired) electrons. The molecule has 0 saturated carbocycles. The van der Waals surface area contributed by atoms with Crippen LogP contribution in [0.3, 0.4) is 0 Å². The van der Waals surface area contributed by atoms with Crippen molar-refractivity contribution in [2.75, 3.05) is 0 Å². The highest BCUT2D eigenvalue weighted by Gasteiger charge is 2.10. The summed E-state index contributed by atoms with van der Waals surface area (Å²) in [5.41, 5.74) is 6.36. The molecule has 0 fully saturated rings. The van der Waals surface area contributed by atoms with Gasteiger partial charge in [0.25, 0.3) is 0 Å². The van der Waals surface area contributed by atoms with Crippen LogP contribution in [0.1, 0.15) is 18.5 Å². The van der Waals surface area contributed by atoms with E-state index in [0.717, 1.165) is 5.56 Å². The second kappa shape index (κ2) is 5.17. The second-order valence-electron chi connectivity index (χ2n) is 2.82. The third-order valence-electron chi connectivity index (χ3n) is 1.77. The first kappa shape index (κ1) is 12.4. The van der Waals surface area contributed by atoms with E-state index in [-0.39, 0.29) is 18.2 Å². The molecular weight excluding hydrogens is 193 g/mol. The van der Waals surface area contributed by atoms with Gasteiger partial charge in [-0.05, 0) is 24.6 Å². The van der Waals surface area contributed by atoms with Gasteiger partial charge >= 0.3 is 0 Å². The highest BCUT2D eigenvalue weighted by Crippen LogP contribution is 2.13. The Kier molecular flexibility index (Phi) is 4.91. The number of nitrogens with two attached hydrogens (primary N) is 1. The third kappa shape index (κ3) is 3.30. The summed E-state index contributed by atoms with van der Waals surface area (Å²) >= 11 is 0. The zero-order valence-corrected chi connectivity index (χ0v) is 8.09. The van der Waals surface area contributed by atoms with Gasteiger partial charge in [-0.2, -0.15) is 0 Å². The number of rotatable bonds is 2. The summed E-state index contributed by atoms with van der Waals surface area (Å²) in [4.78, 5) is 0. The molecule has 0 spiro atoms. The monoisotopic (exact) mass is 205 g/mol. The fourth-order valence-electron chi connectivity index (χ4n) is 0.964. The second-order valence-corrected chi connectivity index (χ2v) is 2.82. The largest absolute Gasteiger partial charge is 0.391 e. The van der Waals surface area contributed by atoms with Crippen molar-refractivity contribution in [1.29, 1.82) is 0 Å². The van der Waals surface area contributed by atoms with Crippen LogP contribution in [0.25, 0.3) is 0 Å². The van der Waals surface area contributed by atoms with Crippen LogP contribution in [0.2, 0.25) is 0 Å². The van der Waals surface area contributed by atoms with E-state index in [1.54, 1.807) is 19.1 Å². The van der Waals surface area contributed by atoms with Gasteiger partial charge in [0.15, 0.2) is 0 Å². The molecule has 0 aliphatic carbocycles. The van der Waals surface area contributed by atoms with Crippen LogP contribution in [-0.2, 0) is 0 Å². The lowest BCUT2D eigenvalue weighted by molar-refractivity contribution is 0.164. The first-order chi connectivity index (χ1) is 5.61. The lowest BCUT2D eigenvalue weighted by atomic mass is 10.0. The fourth-order valence-corrected chi connectivity index (χ4v) is 0.964. The van der Waals surface area contributed by atoms with Crippen molar-refractivity contribution in [2.45, 2.75) is 19.1 Å². The normalized spacial score (nSPS) is 14.5. The quantitative estimate of drug-likeness (QED) is 0.771. The minimum atomic E-state index is -0.615. The van der Waals surface area contributed by atoms with Gasteiger partial charge in [0.05, 0.1) is 12.1 Å². The lowest BCUT2D eigenvalue weighted by Crippen LogP contribution is -2.22. The highest BCUT2D eigenvalue weighted by molar-refractivity contribution is 5.85. The summed E-state index contributed by atoms with van der Waals surface area (Å²) < 4.78 is 12.4. The van der Waals surface area contributed by atoms with Crippen LogP contribution in [0.15, 0.2) is 24.3 Å². The fraction of sp³-hybridized carbons (Fsp3) is 0.333. The number of aliphatic hydroxyl groups excluding tert-OH is 1. The molecule has 0 aromatic heterocycles. The van der Waals surface area contributed by atoms with Crippen molar-refractivity contribution in [2.24, 2.45) is 5.73 Å². The smallest absolute Gasteiger partial charge is 0.123 e. The van der Waals surface area contributed by atoms with E-state index in [0.29, 0.717) is 0 Å². The number of hydrogen-bond acceptors (Lipinski definition) is 2.